The van der Waals surface area contributed by atoms with Gasteiger partial charge in [0.05, 0.1) is 25.8 Å². The molecule has 3 heterocycles. The fourth-order valence-electron chi connectivity index (χ4n) is 4.86. The number of methoxy groups -OCH3 is 2. The number of likely N-dealkylation sites (tertiary alicyclic amines) is 1. The first-order valence-electron chi connectivity index (χ1n) is 11.8. The van der Waals surface area contributed by atoms with E-state index >= 15 is 0 Å². The second-order valence-corrected chi connectivity index (χ2v) is 8.80. The second-order valence-electron chi connectivity index (χ2n) is 8.80. The van der Waals surface area contributed by atoms with Crippen molar-refractivity contribution in [3.8, 4) is 34.5 Å². The molecule has 0 bridgehead atoms. The van der Waals surface area contributed by atoms with Gasteiger partial charge < -0.3 is 38.4 Å². The Morgan fingerprint density at radius 1 is 0.921 bits per heavy atom. The lowest BCUT2D eigenvalue weighted by Crippen LogP contribution is -2.29. The molecule has 0 aliphatic carbocycles. The molecule has 0 radical (unpaired) electrons. The topological polar surface area (TPSA) is 113 Å². The van der Waals surface area contributed by atoms with E-state index in [4.69, 9.17) is 28.4 Å². The number of hydrogen-bond donors (Lipinski definition) is 1. The predicted molar refractivity (Wildman–Crippen MR) is 133 cm³/mol. The van der Waals surface area contributed by atoms with E-state index in [0.29, 0.717) is 45.6 Å². The number of hydrogen-bond acceptors (Lipinski definition) is 9. The van der Waals surface area contributed by atoms with Gasteiger partial charge in [-0.25, -0.2) is 0 Å². The van der Waals surface area contributed by atoms with Gasteiger partial charge in [0.15, 0.2) is 23.0 Å². The number of carbonyl (C=O) groups is 2. The molecule has 1 saturated heterocycles. The fraction of sp³-hybridized carbons (Fsp3) is 0.214. The number of benzene rings is 3. The molecule has 3 aliphatic rings. The lowest BCUT2D eigenvalue weighted by Gasteiger charge is -2.26. The van der Waals surface area contributed by atoms with Crippen LogP contribution in [-0.4, -0.2) is 49.5 Å². The minimum Gasteiger partial charge on any atom is -0.507 e. The highest BCUT2D eigenvalue weighted by molar-refractivity contribution is 6.46. The molecule has 1 N–H and O–H groups in total. The van der Waals surface area contributed by atoms with E-state index < -0.39 is 17.7 Å². The van der Waals surface area contributed by atoms with Gasteiger partial charge in [-0.15, -0.1) is 0 Å². The number of amides is 1. The number of Topliss-reactive ketones (excluding diaryl/α,β-unsaturated/α-hetero) is 1. The first-order valence-corrected chi connectivity index (χ1v) is 11.8. The van der Waals surface area contributed by atoms with E-state index in [1.54, 1.807) is 54.6 Å². The third-order valence-corrected chi connectivity index (χ3v) is 6.67. The van der Waals surface area contributed by atoms with Crippen LogP contribution in [0.5, 0.6) is 34.5 Å². The van der Waals surface area contributed by atoms with E-state index in [1.807, 2.05) is 0 Å². The highest BCUT2D eigenvalue weighted by atomic mass is 16.7. The van der Waals surface area contributed by atoms with E-state index in [1.165, 1.54) is 19.1 Å². The Labute approximate surface area is 217 Å². The van der Waals surface area contributed by atoms with Crippen LogP contribution in [0.1, 0.15) is 22.7 Å². The first-order chi connectivity index (χ1) is 18.5. The zero-order valence-electron chi connectivity index (χ0n) is 20.6. The van der Waals surface area contributed by atoms with E-state index in [9.17, 15) is 14.7 Å². The van der Waals surface area contributed by atoms with Crippen molar-refractivity contribution in [2.75, 3.05) is 27.8 Å². The molecule has 194 valence electrons. The Morgan fingerprint density at radius 3 is 2.53 bits per heavy atom. The molecule has 0 spiro atoms. The summed E-state index contributed by atoms with van der Waals surface area (Å²) in [6.07, 6.45) is 0. The second kappa shape index (κ2) is 9.22. The monoisotopic (exact) mass is 517 g/mol. The van der Waals surface area contributed by atoms with Crippen LogP contribution in [0.3, 0.4) is 0 Å². The molecule has 3 aromatic carbocycles. The van der Waals surface area contributed by atoms with E-state index in [0.717, 1.165) is 5.56 Å². The third-order valence-electron chi connectivity index (χ3n) is 6.67. The van der Waals surface area contributed by atoms with Crippen LogP contribution >= 0.6 is 0 Å². The molecule has 6 rings (SSSR count). The summed E-state index contributed by atoms with van der Waals surface area (Å²) in [5.41, 5.74) is 1.50. The van der Waals surface area contributed by atoms with Crippen LogP contribution in [0, 0.1) is 0 Å². The molecule has 10 nitrogen and oxygen atoms in total. The SMILES string of the molecule is COc1cccc(/C(O)=C2\C(=O)C(=O)N(Cc3ccc4c(c3)OCO4)C2c2cc(OC)c3c(c2)OCO3)c1. The summed E-state index contributed by atoms with van der Waals surface area (Å²) in [7, 11) is 2.99. The predicted octanol–water partition coefficient (Wildman–Crippen LogP) is 3.78. The van der Waals surface area contributed by atoms with Crippen molar-refractivity contribution in [3.05, 3.63) is 76.9 Å². The van der Waals surface area contributed by atoms with Crippen LogP contribution in [0.2, 0.25) is 0 Å². The average Bonchev–Trinajstić information content (AvgIpc) is 3.67. The zero-order chi connectivity index (χ0) is 26.4. The van der Waals surface area contributed by atoms with Crippen molar-refractivity contribution < 1.29 is 43.1 Å². The van der Waals surface area contributed by atoms with Crippen LogP contribution in [0.25, 0.3) is 5.76 Å². The quantitative estimate of drug-likeness (QED) is 0.296. The van der Waals surface area contributed by atoms with Crippen LogP contribution in [0.15, 0.2) is 60.2 Å². The number of aliphatic hydroxyl groups is 1. The maximum absolute atomic E-state index is 13.5. The Bertz CT molecular complexity index is 1500. The molecular weight excluding hydrogens is 494 g/mol. The Balaban J connectivity index is 1.50. The zero-order valence-corrected chi connectivity index (χ0v) is 20.6. The Morgan fingerprint density at radius 2 is 1.71 bits per heavy atom. The third kappa shape index (κ3) is 3.81. The van der Waals surface area contributed by atoms with Gasteiger partial charge in [-0.05, 0) is 47.5 Å². The molecule has 10 heteroatoms. The molecule has 1 amide bonds. The Hall–Kier alpha value is -4.86. The number of rotatable bonds is 6. The van der Waals surface area contributed by atoms with Crippen LogP contribution < -0.4 is 28.4 Å². The summed E-state index contributed by atoms with van der Waals surface area (Å²) in [4.78, 5) is 28.3. The van der Waals surface area contributed by atoms with Gasteiger partial charge in [0.25, 0.3) is 11.7 Å². The van der Waals surface area contributed by atoms with Gasteiger partial charge >= 0.3 is 0 Å². The maximum Gasteiger partial charge on any atom is 0.295 e. The maximum atomic E-state index is 13.5. The molecule has 1 unspecified atom stereocenters. The molecule has 0 saturated carbocycles. The molecule has 38 heavy (non-hydrogen) atoms. The minimum atomic E-state index is -0.949. The van der Waals surface area contributed by atoms with Crippen molar-refractivity contribution in [1.29, 1.82) is 0 Å². The molecule has 1 fully saturated rings. The van der Waals surface area contributed by atoms with Gasteiger partial charge in [-0.3, -0.25) is 9.59 Å². The number of nitrogens with zero attached hydrogens (tertiary/aromatic N) is 1. The van der Waals surface area contributed by atoms with Gasteiger partial charge in [0.1, 0.15) is 11.5 Å². The molecule has 3 aliphatic heterocycles. The summed E-state index contributed by atoms with van der Waals surface area (Å²) in [6.45, 7) is 0.189. The summed E-state index contributed by atoms with van der Waals surface area (Å²) in [5.74, 6) is 0.974. The highest BCUT2D eigenvalue weighted by Crippen LogP contribution is 2.48. The first kappa shape index (κ1) is 23.5. The average molecular weight is 517 g/mol. The fourth-order valence-corrected chi connectivity index (χ4v) is 4.86. The summed E-state index contributed by atoms with van der Waals surface area (Å²) in [6, 6.07) is 14.4. The molecular formula is C28H23NO9. The van der Waals surface area contributed by atoms with Gasteiger partial charge in [-0.2, -0.15) is 0 Å². The lowest BCUT2D eigenvalue weighted by atomic mass is 9.94. The number of carbonyl (C=O) groups excluding carboxylic acids is 2. The van der Waals surface area contributed by atoms with Crippen LogP contribution in [0.4, 0.5) is 0 Å². The van der Waals surface area contributed by atoms with Crippen molar-refractivity contribution in [2.45, 2.75) is 12.6 Å². The van der Waals surface area contributed by atoms with Crippen molar-refractivity contribution in [3.63, 3.8) is 0 Å². The van der Waals surface area contributed by atoms with Gasteiger partial charge in [-0.1, -0.05) is 18.2 Å². The number of aliphatic hydroxyl groups excluding tert-OH is 1. The molecule has 0 aromatic heterocycles. The largest absolute Gasteiger partial charge is 0.507 e. The van der Waals surface area contributed by atoms with Gasteiger partial charge in [0, 0.05) is 12.1 Å². The number of fused-ring (bicyclic) bond motifs is 2. The van der Waals surface area contributed by atoms with E-state index in [-0.39, 0.29) is 31.5 Å². The summed E-state index contributed by atoms with van der Waals surface area (Å²) >= 11 is 0. The Kier molecular flexibility index (Phi) is 5.71. The highest BCUT2D eigenvalue weighted by Gasteiger charge is 2.47. The molecule has 3 aromatic rings. The van der Waals surface area contributed by atoms with E-state index in [2.05, 4.69) is 0 Å². The lowest BCUT2D eigenvalue weighted by molar-refractivity contribution is -0.140. The number of ether oxygens (including phenoxy) is 6. The standard InChI is InChI=1S/C28H23NO9/c1-33-18-5-3-4-16(9-18)25(30)23-24(17-10-21(34-2)27-22(11-17)37-14-38-27)29(28(32)26(23)31)12-15-6-7-19-20(8-15)36-13-35-19/h3-11,24,30H,12-14H2,1-2H3/b25-23+. The number of ketones is 1. The van der Waals surface area contributed by atoms with Crippen LogP contribution in [-0.2, 0) is 16.1 Å². The van der Waals surface area contributed by atoms with Crippen molar-refractivity contribution in [2.24, 2.45) is 0 Å². The van der Waals surface area contributed by atoms with Crippen molar-refractivity contribution >= 4 is 17.4 Å². The minimum absolute atomic E-state index is 0.0103. The smallest absolute Gasteiger partial charge is 0.295 e. The summed E-state index contributed by atoms with van der Waals surface area (Å²) in [5, 5.41) is 11.4. The molecule has 1 atom stereocenters. The normalized spacial score (nSPS) is 18.7. The van der Waals surface area contributed by atoms with Gasteiger partial charge in [0.2, 0.25) is 19.3 Å². The summed E-state index contributed by atoms with van der Waals surface area (Å²) < 4.78 is 32.8. The van der Waals surface area contributed by atoms with Crippen molar-refractivity contribution in [1.82, 2.24) is 4.90 Å².